The number of hydrogen-bond donors (Lipinski definition) is 4. The normalized spacial score (nSPS) is 6.44. The Labute approximate surface area is 227 Å². The molecule has 0 aliphatic heterocycles. The summed E-state index contributed by atoms with van der Waals surface area (Å²) in [6.45, 7) is 0. The molecule has 0 amide bonds. The fourth-order valence-electron chi connectivity index (χ4n) is 0. The summed E-state index contributed by atoms with van der Waals surface area (Å²) < 4.78 is 63.2. The predicted molar refractivity (Wildman–Crippen MR) is 74.0 cm³/mol. The first-order chi connectivity index (χ1) is 4.00. The molecule has 2 radical (unpaired) electrons. The molecule has 0 unspecified atom stereocenters. The molecule has 116 valence electrons. The molecule has 0 saturated heterocycles. The van der Waals surface area contributed by atoms with Crippen LogP contribution in [-0.4, -0.2) is 109 Å². The van der Waals surface area contributed by atoms with Gasteiger partial charge in [0, 0.05) is 53.3 Å². The topological polar surface area (TPSA) is 149 Å². The Morgan fingerprint density at radius 2 is 0.722 bits per heavy atom. The summed E-state index contributed by atoms with van der Waals surface area (Å²) in [6.07, 6.45) is 0. The molecule has 0 aliphatic carbocycles. The first kappa shape index (κ1) is 65.7. The molecule has 0 aromatic carbocycles. The Morgan fingerprint density at radius 1 is 0.722 bits per heavy atom. The maximum Gasteiger partial charge on any atom is 0.316 e. The summed E-state index contributed by atoms with van der Waals surface area (Å²) in [4.78, 5) is 0. The van der Waals surface area contributed by atoms with Crippen molar-refractivity contribution in [3.8, 4) is 0 Å². The largest absolute Gasteiger partial charge is 0.316 e. The maximum atomic E-state index is 8.74. The first-order valence-corrected chi connectivity index (χ1v) is 4.19. The third-order valence-corrected chi connectivity index (χ3v) is 0. The second kappa shape index (κ2) is 33.6. The monoisotopic (exact) mass is 648 g/mol. The fourth-order valence-corrected chi connectivity index (χ4v) is 0. The molecule has 18 heavy (non-hydrogen) atoms. The zero-order chi connectivity index (χ0) is 9.00. The molecule has 0 fully saturated rings. The van der Waals surface area contributed by atoms with Crippen LogP contribution in [0.1, 0.15) is 0 Å². The number of halogens is 3. The van der Waals surface area contributed by atoms with Crippen LogP contribution >= 0.6 is 48.8 Å². The van der Waals surface area contributed by atoms with E-state index in [0.29, 0.717) is 0 Å². The molecular weight excluding hydrogens is 641 g/mol. The maximum absolute atomic E-state index is 8.74. The van der Waals surface area contributed by atoms with Gasteiger partial charge in [-0.05, 0) is 0 Å². The fraction of sp³-hybridized carbons (Fsp3) is 0. The first-order valence-electron chi connectivity index (χ1n) is 1.40. The number of rotatable bonds is 0. The molecule has 8 nitrogen and oxygen atoms in total. The summed E-state index contributed by atoms with van der Waals surface area (Å²) in [5, 5.41) is 0. The van der Waals surface area contributed by atoms with E-state index in [4.69, 9.17) is 35.0 Å². The van der Waals surface area contributed by atoms with Gasteiger partial charge in [0.2, 0.25) is 0 Å². The van der Waals surface area contributed by atoms with Crippen LogP contribution in [0, 0.1) is 0 Å². The van der Waals surface area contributed by atoms with Gasteiger partial charge in [-0.15, -0.1) is 48.8 Å². The molecule has 0 saturated carbocycles. The molecule has 0 aromatic rings. The summed E-state index contributed by atoms with van der Waals surface area (Å²) in [5.74, 6) is 0. The Morgan fingerprint density at radius 3 is 0.722 bits per heavy atom. The van der Waals surface area contributed by atoms with Crippen LogP contribution in [0.25, 0.3) is 0 Å². The van der Waals surface area contributed by atoms with Crippen LogP contribution in [0.4, 0.5) is 0 Å². The second-order valence-corrected chi connectivity index (χ2v) is 2.69. The summed E-state index contributed by atoms with van der Waals surface area (Å²) in [6, 6.07) is 0. The molecule has 0 heterocycles. The van der Waals surface area contributed by atoms with Crippen molar-refractivity contribution >= 4 is 144 Å². The Hall–Kier alpha value is 5.10. The Balaban J connectivity index is -0.00000000615. The SMILES string of the molecule is Cl.Cl.I.O=S(=O)(O)O.O=S(=O)(O)O.[Co].[Cu].[KH].[MgH2].[Zn]. The smallest absolute Gasteiger partial charge is 0 e. The van der Waals surface area contributed by atoms with Gasteiger partial charge in [-0.25, -0.2) is 0 Å². The van der Waals surface area contributed by atoms with Gasteiger partial charge in [0.25, 0.3) is 0 Å². The van der Waals surface area contributed by atoms with E-state index in [1.807, 2.05) is 0 Å². The molecule has 4 N–H and O–H groups in total. The third kappa shape index (κ3) is 328. The van der Waals surface area contributed by atoms with Crippen molar-refractivity contribution in [2.75, 3.05) is 0 Å². The van der Waals surface area contributed by atoms with Gasteiger partial charge in [-0.2, -0.15) is 16.8 Å². The quantitative estimate of drug-likeness (QED) is 0.142. The zero-order valence-electron chi connectivity index (χ0n) is 6.81. The van der Waals surface area contributed by atoms with Crippen molar-refractivity contribution in [1.82, 2.24) is 0 Å². The van der Waals surface area contributed by atoms with Crippen molar-refractivity contribution in [2.45, 2.75) is 0 Å². The molecule has 0 rings (SSSR count). The average Bonchev–Trinajstić information content (AvgIpc) is 1.12. The average molecular weight is 651 g/mol. The molecule has 18 heteroatoms. The van der Waals surface area contributed by atoms with E-state index in [9.17, 15) is 0 Å². The van der Waals surface area contributed by atoms with Gasteiger partial charge in [-0.3, -0.25) is 18.2 Å². The van der Waals surface area contributed by atoms with Crippen molar-refractivity contribution in [1.29, 1.82) is 0 Å². The van der Waals surface area contributed by atoms with Crippen LogP contribution in [0.2, 0.25) is 0 Å². The molecule has 0 spiro atoms. The third-order valence-electron chi connectivity index (χ3n) is 0. The minimum Gasteiger partial charge on any atom is 0 e. The van der Waals surface area contributed by atoms with E-state index in [1.54, 1.807) is 0 Å². The summed E-state index contributed by atoms with van der Waals surface area (Å²) >= 11 is 0. The van der Waals surface area contributed by atoms with Crippen molar-refractivity contribution in [2.24, 2.45) is 0 Å². The van der Waals surface area contributed by atoms with Gasteiger partial charge < -0.3 is 0 Å². The van der Waals surface area contributed by atoms with E-state index in [0.717, 1.165) is 0 Å². The van der Waals surface area contributed by atoms with E-state index < -0.39 is 20.8 Å². The molecule has 0 aliphatic rings. The minimum absolute atomic E-state index is 0. The number of hydrogen-bond acceptors (Lipinski definition) is 4. The second-order valence-electron chi connectivity index (χ2n) is 0.896. The van der Waals surface area contributed by atoms with Crippen LogP contribution in [0.15, 0.2) is 0 Å². The van der Waals surface area contributed by atoms with Gasteiger partial charge in [0.1, 0.15) is 0 Å². The minimum atomic E-state index is -4.67. The van der Waals surface area contributed by atoms with Crippen LogP contribution < -0.4 is 0 Å². The Bertz CT molecular complexity index is 243. The summed E-state index contributed by atoms with van der Waals surface area (Å²) in [5.41, 5.74) is 0. The van der Waals surface area contributed by atoms with E-state index in [2.05, 4.69) is 0 Å². The molecule has 0 bridgehead atoms. The van der Waals surface area contributed by atoms with E-state index in [1.165, 1.54) is 0 Å². The van der Waals surface area contributed by atoms with Crippen molar-refractivity contribution in [3.63, 3.8) is 0 Å². The standard InChI is InChI=1S/2ClH.Co.Cu.HI.K.Mg.2H2O4S.Zn.3H/c;;;;;;;2*1-5(2,3)4;;;;/h2*1H;;;1H;;;2*(H2,1,2,3,4);;;;. The molecule has 0 atom stereocenters. The van der Waals surface area contributed by atoms with Crippen LogP contribution in [0.5, 0.6) is 0 Å². The van der Waals surface area contributed by atoms with Crippen LogP contribution in [0.3, 0.4) is 0 Å². The van der Waals surface area contributed by atoms with Crippen molar-refractivity contribution < 1.29 is 88.4 Å². The molecule has 0 aromatic heterocycles. The van der Waals surface area contributed by atoms with Gasteiger partial charge in [0.05, 0.1) is 0 Å². The van der Waals surface area contributed by atoms with E-state index >= 15 is 0 Å². The van der Waals surface area contributed by atoms with Crippen LogP contribution in [-0.2, 0) is 74.1 Å². The summed E-state index contributed by atoms with van der Waals surface area (Å²) in [7, 11) is -9.33. The predicted octanol–water partition coefficient (Wildman–Crippen LogP) is -1.42. The van der Waals surface area contributed by atoms with E-state index in [-0.39, 0.29) is 177 Å². The van der Waals surface area contributed by atoms with Gasteiger partial charge >= 0.3 is 95.2 Å². The van der Waals surface area contributed by atoms with Gasteiger partial charge in [0.15, 0.2) is 0 Å². The molecular formula is H10Cl2CoCuIKMgO8S2Zn. The van der Waals surface area contributed by atoms with Gasteiger partial charge in [-0.1, -0.05) is 0 Å². The van der Waals surface area contributed by atoms with Crippen molar-refractivity contribution in [3.05, 3.63) is 0 Å². The zero-order valence-corrected chi connectivity index (χ0v) is 17.4. The Kier molecular flexibility index (Phi) is 123.